The highest BCUT2D eigenvalue weighted by molar-refractivity contribution is 4.73. The van der Waals surface area contributed by atoms with Crippen molar-refractivity contribution in [1.29, 1.82) is 0 Å². The third kappa shape index (κ3) is 7.06. The quantitative estimate of drug-likeness (QED) is 0.660. The average molecular weight is 241 g/mol. The zero-order valence-electron chi connectivity index (χ0n) is 10.2. The summed E-state index contributed by atoms with van der Waals surface area (Å²) in [5.74, 6) is 0.500. The Morgan fingerprint density at radius 1 is 1.19 bits per heavy atom. The van der Waals surface area contributed by atoms with E-state index in [0.717, 1.165) is 12.8 Å². The van der Waals surface area contributed by atoms with E-state index in [2.05, 4.69) is 23.9 Å². The number of hydrogen-bond acceptors (Lipinski definition) is 2. The van der Waals surface area contributed by atoms with Crippen LogP contribution in [0.5, 0.6) is 0 Å². The maximum Gasteiger partial charge on any atom is 0.411 e. The fourth-order valence-electron chi connectivity index (χ4n) is 1.87. The van der Waals surface area contributed by atoms with Crippen molar-refractivity contribution >= 4 is 0 Å². The molecule has 0 bridgehead atoms. The Labute approximate surface area is 95.5 Å². The van der Waals surface area contributed by atoms with Crippen LogP contribution in [0.3, 0.4) is 0 Å². The molecule has 0 rings (SSSR count). The molecule has 2 nitrogen and oxygen atoms in total. The van der Waals surface area contributed by atoms with Crippen LogP contribution in [0.2, 0.25) is 0 Å². The van der Waals surface area contributed by atoms with Gasteiger partial charge in [-0.1, -0.05) is 26.7 Å². The van der Waals surface area contributed by atoms with Crippen LogP contribution in [-0.2, 0) is 4.74 Å². The molecule has 1 atom stereocenters. The summed E-state index contributed by atoms with van der Waals surface area (Å²) in [4.78, 5) is 0. The summed E-state index contributed by atoms with van der Waals surface area (Å²) in [6.45, 7) is 3.19. The van der Waals surface area contributed by atoms with Gasteiger partial charge < -0.3 is 10.1 Å². The Morgan fingerprint density at radius 3 is 2.12 bits per heavy atom. The van der Waals surface area contributed by atoms with Crippen LogP contribution in [0.25, 0.3) is 0 Å². The largest absolute Gasteiger partial charge is 0.411 e. The van der Waals surface area contributed by atoms with E-state index >= 15 is 0 Å². The number of alkyl halides is 3. The molecule has 1 N–H and O–H groups in total. The van der Waals surface area contributed by atoms with Gasteiger partial charge in [0.05, 0.1) is 0 Å². The fraction of sp³-hybridized carbons (Fsp3) is 1.00. The molecule has 0 heterocycles. The average Bonchev–Trinajstić information content (AvgIpc) is 2.21. The summed E-state index contributed by atoms with van der Waals surface area (Å²) >= 11 is 0. The van der Waals surface area contributed by atoms with Crippen LogP contribution in [-0.4, -0.2) is 32.5 Å². The van der Waals surface area contributed by atoms with Gasteiger partial charge in [-0.15, -0.1) is 0 Å². The molecule has 0 aromatic rings. The van der Waals surface area contributed by atoms with Gasteiger partial charge in [-0.3, -0.25) is 0 Å². The van der Waals surface area contributed by atoms with E-state index in [9.17, 15) is 13.2 Å². The fourth-order valence-corrected chi connectivity index (χ4v) is 1.87. The molecule has 5 heteroatoms. The first-order chi connectivity index (χ1) is 7.44. The molecule has 0 spiro atoms. The van der Waals surface area contributed by atoms with Crippen LogP contribution >= 0.6 is 0 Å². The third-order valence-corrected chi connectivity index (χ3v) is 2.83. The van der Waals surface area contributed by atoms with Crippen LogP contribution in [0.15, 0.2) is 0 Å². The van der Waals surface area contributed by atoms with Crippen molar-refractivity contribution in [2.24, 2.45) is 5.92 Å². The van der Waals surface area contributed by atoms with Crippen molar-refractivity contribution < 1.29 is 17.9 Å². The SMILES string of the molecule is CCC(CC)C(CCOCC(F)(F)F)NC. The predicted molar refractivity (Wildman–Crippen MR) is 58.4 cm³/mol. The topological polar surface area (TPSA) is 21.3 Å². The normalized spacial score (nSPS) is 14.4. The Kier molecular flexibility index (Phi) is 7.76. The number of ether oxygens (including phenoxy) is 1. The van der Waals surface area contributed by atoms with E-state index in [4.69, 9.17) is 0 Å². The first-order valence-electron chi connectivity index (χ1n) is 5.76. The number of nitrogens with one attached hydrogen (secondary N) is 1. The molecule has 0 aromatic heterocycles. The molecule has 0 fully saturated rings. The zero-order chi connectivity index (χ0) is 12.6. The molecule has 0 aliphatic carbocycles. The summed E-state index contributed by atoms with van der Waals surface area (Å²) < 4.78 is 40.0. The first-order valence-corrected chi connectivity index (χ1v) is 5.76. The smallest absolute Gasteiger partial charge is 0.372 e. The molecule has 0 saturated carbocycles. The second-order valence-electron chi connectivity index (χ2n) is 3.93. The molecule has 0 saturated heterocycles. The van der Waals surface area contributed by atoms with Crippen molar-refractivity contribution in [2.75, 3.05) is 20.3 Å². The van der Waals surface area contributed by atoms with Gasteiger partial charge in [0.15, 0.2) is 0 Å². The standard InChI is InChI=1S/C11H22F3NO/c1-4-9(5-2)10(15-3)6-7-16-8-11(12,13)14/h9-10,15H,4-8H2,1-3H3. The lowest BCUT2D eigenvalue weighted by Gasteiger charge is -2.24. The number of hydrogen-bond donors (Lipinski definition) is 1. The van der Waals surface area contributed by atoms with E-state index < -0.39 is 12.8 Å². The van der Waals surface area contributed by atoms with Crippen molar-refractivity contribution in [3.05, 3.63) is 0 Å². The van der Waals surface area contributed by atoms with E-state index in [1.54, 1.807) is 0 Å². The van der Waals surface area contributed by atoms with Gasteiger partial charge in [0.2, 0.25) is 0 Å². The molecular formula is C11H22F3NO. The Morgan fingerprint density at radius 2 is 1.75 bits per heavy atom. The van der Waals surface area contributed by atoms with Crippen molar-refractivity contribution in [3.8, 4) is 0 Å². The minimum absolute atomic E-state index is 0.154. The third-order valence-electron chi connectivity index (χ3n) is 2.83. The van der Waals surface area contributed by atoms with Gasteiger partial charge in [-0.2, -0.15) is 13.2 Å². The van der Waals surface area contributed by atoms with Gasteiger partial charge >= 0.3 is 6.18 Å². The van der Waals surface area contributed by atoms with E-state index in [-0.39, 0.29) is 12.6 Å². The van der Waals surface area contributed by atoms with Crippen LogP contribution < -0.4 is 5.32 Å². The van der Waals surface area contributed by atoms with Crippen LogP contribution in [0.1, 0.15) is 33.1 Å². The molecule has 0 aliphatic heterocycles. The number of rotatable bonds is 8. The summed E-state index contributed by atoms with van der Waals surface area (Å²) in [6, 6.07) is 0.239. The highest BCUT2D eigenvalue weighted by Crippen LogP contribution is 2.17. The molecule has 16 heavy (non-hydrogen) atoms. The lowest BCUT2D eigenvalue weighted by molar-refractivity contribution is -0.174. The Balaban J connectivity index is 3.79. The maximum absolute atomic E-state index is 11.8. The van der Waals surface area contributed by atoms with Crippen molar-refractivity contribution in [2.45, 2.75) is 45.3 Å². The van der Waals surface area contributed by atoms with Crippen molar-refractivity contribution in [3.63, 3.8) is 0 Å². The van der Waals surface area contributed by atoms with Gasteiger partial charge in [-0.05, 0) is 19.4 Å². The predicted octanol–water partition coefficient (Wildman–Crippen LogP) is 2.98. The summed E-state index contributed by atoms with van der Waals surface area (Å²) in [7, 11) is 1.84. The minimum Gasteiger partial charge on any atom is -0.372 e. The zero-order valence-corrected chi connectivity index (χ0v) is 10.2. The van der Waals surface area contributed by atoms with E-state index in [1.807, 2.05) is 7.05 Å². The van der Waals surface area contributed by atoms with E-state index in [0.29, 0.717) is 12.3 Å². The van der Waals surface area contributed by atoms with Crippen molar-refractivity contribution in [1.82, 2.24) is 5.32 Å². The minimum atomic E-state index is -4.22. The van der Waals surface area contributed by atoms with Crippen LogP contribution in [0, 0.1) is 5.92 Å². The highest BCUT2D eigenvalue weighted by atomic mass is 19.4. The second-order valence-corrected chi connectivity index (χ2v) is 3.93. The molecule has 98 valence electrons. The van der Waals surface area contributed by atoms with E-state index in [1.165, 1.54) is 0 Å². The molecule has 0 aliphatic rings. The number of halogens is 3. The van der Waals surface area contributed by atoms with Crippen LogP contribution in [0.4, 0.5) is 13.2 Å². The molecular weight excluding hydrogens is 219 g/mol. The Hall–Kier alpha value is -0.290. The van der Waals surface area contributed by atoms with Gasteiger partial charge in [0.25, 0.3) is 0 Å². The maximum atomic E-state index is 11.8. The molecule has 0 amide bonds. The molecule has 1 unspecified atom stereocenters. The molecule has 0 aromatic carbocycles. The highest BCUT2D eigenvalue weighted by Gasteiger charge is 2.27. The second kappa shape index (κ2) is 7.90. The van der Waals surface area contributed by atoms with Gasteiger partial charge in [-0.25, -0.2) is 0 Å². The van der Waals surface area contributed by atoms with Gasteiger partial charge in [0, 0.05) is 12.6 Å². The lowest BCUT2D eigenvalue weighted by Crippen LogP contribution is -2.34. The summed E-state index contributed by atoms with van der Waals surface area (Å²) in [5.41, 5.74) is 0. The summed E-state index contributed by atoms with van der Waals surface area (Å²) in [5, 5.41) is 3.14. The summed E-state index contributed by atoms with van der Waals surface area (Å²) in [6.07, 6.45) is -1.54. The Bertz CT molecular complexity index is 169. The first kappa shape index (κ1) is 15.7. The molecule has 0 radical (unpaired) electrons. The lowest BCUT2D eigenvalue weighted by atomic mass is 9.92. The monoisotopic (exact) mass is 241 g/mol. The van der Waals surface area contributed by atoms with Gasteiger partial charge in [0.1, 0.15) is 6.61 Å².